The molecule has 0 spiro atoms. The summed E-state index contributed by atoms with van der Waals surface area (Å²) in [5.41, 5.74) is 6.96. The van der Waals surface area contributed by atoms with Crippen LogP contribution in [0.1, 0.15) is 36.8 Å². The highest BCUT2D eigenvalue weighted by atomic mass is 32.2. The molecule has 3 N–H and O–H groups in total. The smallest absolute Gasteiger partial charge is 0.243 e. The van der Waals surface area contributed by atoms with Crippen molar-refractivity contribution in [3.05, 3.63) is 23.3 Å². The molecule has 1 aliphatic rings. The third-order valence-corrected chi connectivity index (χ3v) is 6.65. The Morgan fingerprint density at radius 2 is 1.96 bits per heavy atom. The number of carbonyl (C=O) groups excluding carboxylic acids is 1. The van der Waals surface area contributed by atoms with Gasteiger partial charge in [-0.2, -0.15) is 4.31 Å². The van der Waals surface area contributed by atoms with Crippen molar-refractivity contribution < 1.29 is 17.9 Å². The summed E-state index contributed by atoms with van der Waals surface area (Å²) in [5.74, 6) is 0.555. The summed E-state index contributed by atoms with van der Waals surface area (Å²) < 4.78 is 33.3. The van der Waals surface area contributed by atoms with Gasteiger partial charge >= 0.3 is 0 Å². The van der Waals surface area contributed by atoms with Gasteiger partial charge in [0.1, 0.15) is 5.75 Å². The zero-order valence-corrected chi connectivity index (χ0v) is 16.6. The topological polar surface area (TPSA) is 102 Å². The minimum Gasteiger partial charge on any atom is -0.496 e. The Balaban J connectivity index is 2.26. The first-order chi connectivity index (χ1) is 12.3. The second-order valence-electron chi connectivity index (χ2n) is 6.70. The van der Waals surface area contributed by atoms with E-state index in [0.717, 1.165) is 30.4 Å². The Labute approximate surface area is 155 Å². The molecule has 0 saturated carbocycles. The van der Waals surface area contributed by atoms with E-state index < -0.39 is 10.0 Å². The van der Waals surface area contributed by atoms with Gasteiger partial charge in [-0.15, -0.1) is 0 Å². The summed E-state index contributed by atoms with van der Waals surface area (Å²) in [5, 5.41) is 2.80. The van der Waals surface area contributed by atoms with Gasteiger partial charge in [0.05, 0.1) is 12.0 Å². The first-order valence-electron chi connectivity index (χ1n) is 8.95. The zero-order chi connectivity index (χ0) is 19.3. The maximum absolute atomic E-state index is 13.2. The van der Waals surface area contributed by atoms with E-state index in [2.05, 4.69) is 5.32 Å². The molecule has 1 aromatic rings. The van der Waals surface area contributed by atoms with E-state index in [4.69, 9.17) is 10.5 Å². The standard InChI is InChI=1S/C18H29N3O4S/c1-13-10-16(11-14(2)18(13)25-3)26(23,24)21-9-5-4-6-15(21)12-20-17(22)7-8-19/h10-11,15H,4-9,12,19H2,1-3H3,(H,20,22). The van der Waals surface area contributed by atoms with Crippen LogP contribution < -0.4 is 15.8 Å². The number of carbonyl (C=O) groups is 1. The van der Waals surface area contributed by atoms with Crippen molar-refractivity contribution in [2.75, 3.05) is 26.7 Å². The molecule has 1 heterocycles. The lowest BCUT2D eigenvalue weighted by Crippen LogP contribution is -2.49. The van der Waals surface area contributed by atoms with Crippen molar-refractivity contribution in [2.45, 2.75) is 50.5 Å². The van der Waals surface area contributed by atoms with E-state index in [1.807, 2.05) is 13.8 Å². The fourth-order valence-electron chi connectivity index (χ4n) is 3.46. The van der Waals surface area contributed by atoms with Crippen LogP contribution in [0.3, 0.4) is 0 Å². The zero-order valence-electron chi connectivity index (χ0n) is 15.7. The number of amides is 1. The van der Waals surface area contributed by atoms with E-state index in [1.165, 1.54) is 4.31 Å². The van der Waals surface area contributed by atoms with Gasteiger partial charge in [-0.1, -0.05) is 6.42 Å². The average molecular weight is 384 g/mol. The molecule has 2 rings (SSSR count). The highest BCUT2D eigenvalue weighted by Crippen LogP contribution is 2.30. The number of sulfonamides is 1. The Bertz CT molecular complexity index is 726. The summed E-state index contributed by atoms with van der Waals surface area (Å²) in [4.78, 5) is 12.0. The molecule has 146 valence electrons. The highest BCUT2D eigenvalue weighted by molar-refractivity contribution is 7.89. The summed E-state index contributed by atoms with van der Waals surface area (Å²) in [6, 6.07) is 3.07. The highest BCUT2D eigenvalue weighted by Gasteiger charge is 2.34. The molecule has 0 aromatic heterocycles. The van der Waals surface area contributed by atoms with Crippen LogP contribution >= 0.6 is 0 Å². The van der Waals surface area contributed by atoms with Gasteiger partial charge < -0.3 is 15.8 Å². The molecule has 0 radical (unpaired) electrons. The SMILES string of the molecule is COc1c(C)cc(S(=O)(=O)N2CCCCC2CNC(=O)CCN)cc1C. The number of piperidine rings is 1. The fourth-order valence-corrected chi connectivity index (χ4v) is 5.33. The van der Waals surface area contributed by atoms with E-state index in [9.17, 15) is 13.2 Å². The second-order valence-corrected chi connectivity index (χ2v) is 8.59. The summed E-state index contributed by atoms with van der Waals surface area (Å²) in [6.07, 6.45) is 2.75. The van der Waals surface area contributed by atoms with Crippen LogP contribution in [0.4, 0.5) is 0 Å². The number of benzene rings is 1. The van der Waals surface area contributed by atoms with Crippen LogP contribution in [0.2, 0.25) is 0 Å². The molecule has 1 fully saturated rings. The summed E-state index contributed by atoms with van der Waals surface area (Å²) in [6.45, 7) is 4.73. The molecule has 1 unspecified atom stereocenters. The Morgan fingerprint density at radius 3 is 2.54 bits per heavy atom. The number of hydrogen-bond acceptors (Lipinski definition) is 5. The van der Waals surface area contributed by atoms with Crippen molar-refractivity contribution in [3.8, 4) is 5.75 Å². The van der Waals surface area contributed by atoms with Crippen LogP contribution in [-0.2, 0) is 14.8 Å². The fraction of sp³-hybridized carbons (Fsp3) is 0.611. The molecule has 1 aromatic carbocycles. The van der Waals surface area contributed by atoms with Crippen molar-refractivity contribution in [1.29, 1.82) is 0 Å². The Hall–Kier alpha value is -1.64. The number of ether oxygens (including phenoxy) is 1. The Kier molecular flexibility index (Phi) is 7.02. The second kappa shape index (κ2) is 8.83. The Morgan fingerprint density at radius 1 is 1.31 bits per heavy atom. The maximum Gasteiger partial charge on any atom is 0.243 e. The number of nitrogens with zero attached hydrogens (tertiary/aromatic N) is 1. The molecule has 1 amide bonds. The van der Waals surface area contributed by atoms with Crippen LogP contribution in [0.15, 0.2) is 17.0 Å². The minimum absolute atomic E-state index is 0.147. The number of aryl methyl sites for hydroxylation is 2. The minimum atomic E-state index is -3.64. The van der Waals surface area contributed by atoms with E-state index in [-0.39, 0.29) is 29.8 Å². The van der Waals surface area contributed by atoms with Crippen molar-refractivity contribution in [1.82, 2.24) is 9.62 Å². The molecule has 1 aliphatic heterocycles. The van der Waals surface area contributed by atoms with Gasteiger partial charge in [-0.3, -0.25) is 4.79 Å². The third kappa shape index (κ3) is 4.55. The third-order valence-electron chi connectivity index (χ3n) is 4.72. The van der Waals surface area contributed by atoms with Gasteiger partial charge in [-0.05, 0) is 49.9 Å². The number of methoxy groups -OCH3 is 1. The lowest BCUT2D eigenvalue weighted by atomic mass is 10.1. The average Bonchev–Trinajstić information content (AvgIpc) is 2.60. The normalized spacial score (nSPS) is 18.5. The van der Waals surface area contributed by atoms with E-state index in [0.29, 0.717) is 18.8 Å². The summed E-state index contributed by atoms with van der Waals surface area (Å²) >= 11 is 0. The van der Waals surface area contributed by atoms with Crippen molar-refractivity contribution >= 4 is 15.9 Å². The van der Waals surface area contributed by atoms with Crippen molar-refractivity contribution in [2.24, 2.45) is 5.73 Å². The number of nitrogens with one attached hydrogen (secondary N) is 1. The van der Waals surface area contributed by atoms with Gasteiger partial charge in [0.15, 0.2) is 0 Å². The van der Waals surface area contributed by atoms with Crippen molar-refractivity contribution in [3.63, 3.8) is 0 Å². The molecule has 0 bridgehead atoms. The van der Waals surface area contributed by atoms with E-state index in [1.54, 1.807) is 19.2 Å². The lowest BCUT2D eigenvalue weighted by Gasteiger charge is -2.35. The molecular formula is C18H29N3O4S. The molecule has 1 saturated heterocycles. The number of rotatable bonds is 7. The first kappa shape index (κ1) is 20.7. The largest absolute Gasteiger partial charge is 0.496 e. The number of nitrogens with two attached hydrogens (primary N) is 1. The van der Waals surface area contributed by atoms with Gasteiger partial charge in [0.25, 0.3) is 0 Å². The first-order valence-corrected chi connectivity index (χ1v) is 10.4. The molecule has 0 aliphatic carbocycles. The predicted octanol–water partition coefficient (Wildman–Crippen LogP) is 1.32. The molecule has 8 heteroatoms. The van der Waals surface area contributed by atoms with Gasteiger partial charge in [-0.25, -0.2) is 8.42 Å². The van der Waals surface area contributed by atoms with Crippen LogP contribution in [0.25, 0.3) is 0 Å². The summed E-state index contributed by atoms with van der Waals surface area (Å²) in [7, 11) is -2.06. The lowest BCUT2D eigenvalue weighted by molar-refractivity contribution is -0.121. The predicted molar refractivity (Wildman–Crippen MR) is 101 cm³/mol. The molecule has 26 heavy (non-hydrogen) atoms. The van der Waals surface area contributed by atoms with Crippen LogP contribution in [0, 0.1) is 13.8 Å². The van der Waals surface area contributed by atoms with Gasteiger partial charge in [0.2, 0.25) is 15.9 Å². The molecule has 1 atom stereocenters. The maximum atomic E-state index is 13.2. The molecule has 7 nitrogen and oxygen atoms in total. The van der Waals surface area contributed by atoms with E-state index >= 15 is 0 Å². The monoisotopic (exact) mass is 383 g/mol. The quantitative estimate of drug-likeness (QED) is 0.739. The van der Waals surface area contributed by atoms with Crippen LogP contribution in [0.5, 0.6) is 5.75 Å². The molecular weight excluding hydrogens is 354 g/mol. The van der Waals surface area contributed by atoms with Crippen LogP contribution in [-0.4, -0.2) is 51.4 Å². The number of hydrogen-bond donors (Lipinski definition) is 2. The van der Waals surface area contributed by atoms with Gasteiger partial charge in [0, 0.05) is 32.1 Å².